The van der Waals surface area contributed by atoms with Crippen molar-refractivity contribution in [1.82, 2.24) is 5.43 Å². The third kappa shape index (κ3) is 4.69. The fourth-order valence-electron chi connectivity index (χ4n) is 2.02. The highest BCUT2D eigenvalue weighted by atomic mass is 32.1. The molecule has 0 amide bonds. The van der Waals surface area contributed by atoms with E-state index >= 15 is 0 Å². The Morgan fingerprint density at radius 3 is 2.52 bits per heavy atom. The lowest BCUT2D eigenvalue weighted by Gasteiger charge is -2.12. The number of methoxy groups -OCH3 is 1. The molecule has 0 spiro atoms. The fourth-order valence-corrected chi connectivity index (χ4v) is 2.17. The zero-order valence-electron chi connectivity index (χ0n) is 13.0. The number of aromatic hydroxyl groups is 1. The number of benzene rings is 2. The lowest BCUT2D eigenvalue weighted by Crippen LogP contribution is -2.25. The summed E-state index contributed by atoms with van der Waals surface area (Å²) in [6, 6.07) is 14.4. The number of hydrazone groups is 1. The first kappa shape index (κ1) is 16.8. The molecule has 0 saturated heterocycles. The highest BCUT2D eigenvalue weighted by Gasteiger charge is 2.05. The molecule has 2 aromatic rings. The summed E-state index contributed by atoms with van der Waals surface area (Å²) in [7, 11) is 1.61. The van der Waals surface area contributed by atoms with Crippen LogP contribution in [0.1, 0.15) is 18.9 Å². The number of phenols is 1. The van der Waals surface area contributed by atoms with Crippen LogP contribution in [0.25, 0.3) is 0 Å². The Kier molecular flexibility index (Phi) is 5.94. The minimum absolute atomic E-state index is 0.227. The number of ether oxygens (including phenoxy) is 1. The number of hydrogen-bond donors (Lipinski definition) is 3. The molecule has 0 aliphatic carbocycles. The van der Waals surface area contributed by atoms with Gasteiger partial charge in [-0.25, -0.2) is 0 Å². The molecule has 2 aromatic carbocycles. The van der Waals surface area contributed by atoms with Crippen LogP contribution in [0.2, 0.25) is 0 Å². The summed E-state index contributed by atoms with van der Waals surface area (Å²) in [6.45, 7) is 2.00. The standard InChI is InChI=1S/C17H19N3O2S/c1-3-14(12-8-10-13(21)11-9-12)19-20-17(23)18-15-6-4-5-7-16(15)22-2/h4-11,21H,3H2,1-2H3,(H2,18,20,23)/b19-14+. The van der Waals surface area contributed by atoms with Crippen LogP contribution in [0.4, 0.5) is 5.69 Å². The number of anilines is 1. The van der Waals surface area contributed by atoms with Crippen LogP contribution in [0.15, 0.2) is 53.6 Å². The van der Waals surface area contributed by atoms with Gasteiger partial charge in [0.2, 0.25) is 0 Å². The number of nitrogens with one attached hydrogen (secondary N) is 2. The fraction of sp³-hybridized carbons (Fsp3) is 0.176. The monoisotopic (exact) mass is 329 g/mol. The van der Waals surface area contributed by atoms with E-state index < -0.39 is 0 Å². The predicted octanol–water partition coefficient (Wildman–Crippen LogP) is 3.50. The second-order valence-corrected chi connectivity index (χ2v) is 5.13. The SMILES string of the molecule is CC/C(=N\NC(=S)Nc1ccccc1OC)c1ccc(O)cc1. The Bertz CT molecular complexity index is 699. The maximum absolute atomic E-state index is 9.34. The highest BCUT2D eigenvalue weighted by Crippen LogP contribution is 2.22. The third-order valence-corrected chi connectivity index (χ3v) is 3.38. The van der Waals surface area contributed by atoms with E-state index in [4.69, 9.17) is 17.0 Å². The van der Waals surface area contributed by atoms with Gasteiger partial charge in [0.25, 0.3) is 0 Å². The van der Waals surface area contributed by atoms with Gasteiger partial charge in [-0.05, 0) is 60.6 Å². The van der Waals surface area contributed by atoms with Crippen molar-refractivity contribution < 1.29 is 9.84 Å². The molecular weight excluding hydrogens is 310 g/mol. The van der Waals surface area contributed by atoms with Gasteiger partial charge in [0, 0.05) is 0 Å². The van der Waals surface area contributed by atoms with Crippen LogP contribution in [0, 0.1) is 0 Å². The summed E-state index contributed by atoms with van der Waals surface area (Å²) in [6.07, 6.45) is 0.731. The van der Waals surface area contributed by atoms with Crippen LogP contribution in [-0.4, -0.2) is 23.0 Å². The van der Waals surface area contributed by atoms with E-state index in [2.05, 4.69) is 15.8 Å². The smallest absolute Gasteiger partial charge is 0.191 e. The lowest BCUT2D eigenvalue weighted by molar-refractivity contribution is 0.417. The van der Waals surface area contributed by atoms with Crippen LogP contribution < -0.4 is 15.5 Å². The summed E-state index contributed by atoms with van der Waals surface area (Å²) < 4.78 is 5.26. The third-order valence-electron chi connectivity index (χ3n) is 3.18. The molecule has 2 rings (SSSR count). The van der Waals surface area contributed by atoms with Crippen molar-refractivity contribution in [3.8, 4) is 11.5 Å². The average Bonchev–Trinajstić information content (AvgIpc) is 2.57. The lowest BCUT2D eigenvalue weighted by atomic mass is 10.1. The highest BCUT2D eigenvalue weighted by molar-refractivity contribution is 7.80. The summed E-state index contributed by atoms with van der Waals surface area (Å²) in [4.78, 5) is 0. The molecule has 5 nitrogen and oxygen atoms in total. The first-order valence-electron chi connectivity index (χ1n) is 7.20. The Morgan fingerprint density at radius 1 is 1.17 bits per heavy atom. The molecule has 0 fully saturated rings. The van der Waals surface area contributed by atoms with Gasteiger partial charge in [-0.2, -0.15) is 5.10 Å². The summed E-state index contributed by atoms with van der Waals surface area (Å²) in [5.41, 5.74) is 5.38. The Labute approximate surface area is 141 Å². The largest absolute Gasteiger partial charge is 0.508 e. The first-order chi connectivity index (χ1) is 11.1. The maximum Gasteiger partial charge on any atom is 0.191 e. The quantitative estimate of drug-likeness (QED) is 0.445. The molecule has 0 atom stereocenters. The van der Waals surface area contributed by atoms with Gasteiger partial charge < -0.3 is 15.2 Å². The number of phenolic OH excluding ortho intramolecular Hbond substituents is 1. The van der Waals surface area contributed by atoms with Crippen molar-refractivity contribution in [2.75, 3.05) is 12.4 Å². The number of hydrogen-bond acceptors (Lipinski definition) is 4. The number of para-hydroxylation sites is 2. The summed E-state index contributed by atoms with van der Waals surface area (Å²) >= 11 is 5.26. The minimum atomic E-state index is 0.227. The zero-order chi connectivity index (χ0) is 16.7. The first-order valence-corrected chi connectivity index (χ1v) is 7.60. The van der Waals surface area contributed by atoms with Crippen LogP contribution in [-0.2, 0) is 0 Å². The molecule has 0 aliphatic rings. The zero-order valence-corrected chi connectivity index (χ0v) is 13.9. The van der Waals surface area contributed by atoms with E-state index in [0.717, 1.165) is 23.4 Å². The normalized spacial score (nSPS) is 11.0. The molecule has 0 heterocycles. The second-order valence-electron chi connectivity index (χ2n) is 4.73. The molecule has 0 aliphatic heterocycles. The van der Waals surface area contributed by atoms with Crippen molar-refractivity contribution in [3.05, 3.63) is 54.1 Å². The van der Waals surface area contributed by atoms with Gasteiger partial charge in [-0.1, -0.05) is 19.1 Å². The number of rotatable bonds is 5. The van der Waals surface area contributed by atoms with Gasteiger partial charge in [0.1, 0.15) is 11.5 Å². The molecule has 0 saturated carbocycles. The van der Waals surface area contributed by atoms with Gasteiger partial charge in [0.15, 0.2) is 5.11 Å². The van der Waals surface area contributed by atoms with E-state index in [1.54, 1.807) is 19.2 Å². The van der Waals surface area contributed by atoms with Crippen molar-refractivity contribution in [2.24, 2.45) is 5.10 Å². The van der Waals surface area contributed by atoms with E-state index in [1.165, 1.54) is 0 Å². The van der Waals surface area contributed by atoms with Crippen LogP contribution >= 0.6 is 12.2 Å². The Hall–Kier alpha value is -2.60. The van der Waals surface area contributed by atoms with E-state index in [0.29, 0.717) is 10.9 Å². The molecule has 23 heavy (non-hydrogen) atoms. The molecule has 0 radical (unpaired) electrons. The number of nitrogens with zero attached hydrogens (tertiary/aromatic N) is 1. The number of thiocarbonyl (C=S) groups is 1. The van der Waals surface area contributed by atoms with Crippen LogP contribution in [0.3, 0.4) is 0 Å². The van der Waals surface area contributed by atoms with Gasteiger partial charge >= 0.3 is 0 Å². The molecule has 0 bridgehead atoms. The van der Waals surface area contributed by atoms with E-state index in [-0.39, 0.29) is 5.75 Å². The minimum Gasteiger partial charge on any atom is -0.508 e. The maximum atomic E-state index is 9.34. The van der Waals surface area contributed by atoms with Gasteiger partial charge in [-0.15, -0.1) is 0 Å². The molecule has 0 unspecified atom stereocenters. The predicted molar refractivity (Wildman–Crippen MR) is 97.3 cm³/mol. The molecular formula is C17H19N3O2S. The van der Waals surface area contributed by atoms with Crippen molar-refractivity contribution in [3.63, 3.8) is 0 Å². The summed E-state index contributed by atoms with van der Waals surface area (Å²) in [5.74, 6) is 0.931. The molecule has 3 N–H and O–H groups in total. The topological polar surface area (TPSA) is 65.9 Å². The van der Waals surface area contributed by atoms with Gasteiger partial charge in [-0.3, -0.25) is 5.43 Å². The average molecular weight is 329 g/mol. The van der Waals surface area contributed by atoms with Crippen LogP contribution in [0.5, 0.6) is 11.5 Å². The van der Waals surface area contributed by atoms with Crippen molar-refractivity contribution in [2.45, 2.75) is 13.3 Å². The van der Waals surface area contributed by atoms with E-state index in [1.807, 2.05) is 43.3 Å². The second kappa shape index (κ2) is 8.14. The van der Waals surface area contributed by atoms with Crippen molar-refractivity contribution in [1.29, 1.82) is 0 Å². The molecule has 120 valence electrons. The molecule has 0 aromatic heterocycles. The van der Waals surface area contributed by atoms with Crippen molar-refractivity contribution >= 4 is 28.7 Å². The molecule has 6 heteroatoms. The Morgan fingerprint density at radius 2 is 1.87 bits per heavy atom. The van der Waals surface area contributed by atoms with E-state index in [9.17, 15) is 5.11 Å². The summed E-state index contributed by atoms with van der Waals surface area (Å²) in [5, 5.41) is 17.1. The Balaban J connectivity index is 2.05. The van der Waals surface area contributed by atoms with Gasteiger partial charge in [0.05, 0.1) is 18.5 Å².